The highest BCUT2D eigenvalue weighted by Crippen LogP contribution is 2.25. The first-order valence-corrected chi connectivity index (χ1v) is 4.62. The second kappa shape index (κ2) is 3.45. The van der Waals surface area contributed by atoms with Crippen LogP contribution in [-0.2, 0) is 0 Å². The molecule has 0 aliphatic heterocycles. The first-order chi connectivity index (χ1) is 6.70. The van der Waals surface area contributed by atoms with E-state index >= 15 is 0 Å². The quantitative estimate of drug-likeness (QED) is 0.686. The maximum Gasteiger partial charge on any atom is 0.142 e. The second-order valence-electron chi connectivity index (χ2n) is 2.76. The number of hydrogen-bond acceptors (Lipinski definition) is 2. The van der Waals surface area contributed by atoms with Crippen LogP contribution in [0.1, 0.15) is 5.69 Å². The van der Waals surface area contributed by atoms with Crippen LogP contribution in [0.2, 0.25) is 10.0 Å². The van der Waals surface area contributed by atoms with Crippen LogP contribution in [0.3, 0.4) is 0 Å². The number of benzene rings is 1. The maximum atomic E-state index is 8.69. The molecule has 14 heavy (non-hydrogen) atoms. The Kier molecular flexibility index (Phi) is 2.28. The summed E-state index contributed by atoms with van der Waals surface area (Å²) < 4.78 is 0. The first-order valence-electron chi connectivity index (χ1n) is 3.86. The lowest BCUT2D eigenvalue weighted by molar-refractivity contribution is 1.32. The van der Waals surface area contributed by atoms with Gasteiger partial charge in [-0.05, 0) is 24.3 Å². The number of nitriles is 1. The molecule has 1 aromatic heterocycles. The maximum absolute atomic E-state index is 8.69. The highest BCUT2D eigenvalue weighted by atomic mass is 35.5. The molecule has 0 amide bonds. The minimum Gasteiger partial charge on any atom is -0.237 e. The molecular weight excluding hydrogens is 219 g/mol. The highest BCUT2D eigenvalue weighted by molar-refractivity contribution is 6.36. The molecule has 0 bridgehead atoms. The van der Waals surface area contributed by atoms with Crippen molar-refractivity contribution in [1.82, 2.24) is 4.98 Å². The van der Waals surface area contributed by atoms with Gasteiger partial charge in [0.1, 0.15) is 11.8 Å². The predicted molar refractivity (Wildman–Crippen MR) is 56.5 cm³/mol. The van der Waals surface area contributed by atoms with E-state index in [2.05, 4.69) is 4.98 Å². The van der Waals surface area contributed by atoms with Crippen LogP contribution in [0, 0.1) is 11.3 Å². The summed E-state index contributed by atoms with van der Waals surface area (Å²) in [5.41, 5.74) is 0.936. The van der Waals surface area contributed by atoms with Crippen LogP contribution in [0.4, 0.5) is 0 Å². The summed E-state index contributed by atoms with van der Waals surface area (Å²) in [5.74, 6) is 0. The van der Waals surface area contributed by atoms with Crippen molar-refractivity contribution in [3.63, 3.8) is 0 Å². The second-order valence-corrected chi connectivity index (χ2v) is 3.61. The van der Waals surface area contributed by atoms with Gasteiger partial charge in [0, 0.05) is 10.4 Å². The Morgan fingerprint density at radius 2 is 2.00 bits per heavy atom. The number of aromatic nitrogens is 1. The van der Waals surface area contributed by atoms with Gasteiger partial charge in [-0.15, -0.1) is 0 Å². The van der Waals surface area contributed by atoms with Gasteiger partial charge in [0.25, 0.3) is 0 Å². The van der Waals surface area contributed by atoms with Crippen molar-refractivity contribution in [2.45, 2.75) is 0 Å². The third kappa shape index (κ3) is 1.52. The van der Waals surface area contributed by atoms with Gasteiger partial charge in [-0.2, -0.15) is 5.26 Å². The van der Waals surface area contributed by atoms with Crippen LogP contribution < -0.4 is 0 Å². The summed E-state index contributed by atoms with van der Waals surface area (Å²) in [7, 11) is 0. The Balaban J connectivity index is 2.85. The summed E-state index contributed by atoms with van der Waals surface area (Å²) in [4.78, 5) is 4.09. The van der Waals surface area contributed by atoms with E-state index < -0.39 is 0 Å². The van der Waals surface area contributed by atoms with E-state index in [9.17, 15) is 0 Å². The van der Waals surface area contributed by atoms with Gasteiger partial charge < -0.3 is 0 Å². The molecule has 4 heteroatoms. The van der Waals surface area contributed by atoms with E-state index in [1.807, 2.05) is 6.07 Å². The van der Waals surface area contributed by atoms with E-state index in [0.29, 0.717) is 21.3 Å². The molecule has 0 fully saturated rings. The summed E-state index contributed by atoms with van der Waals surface area (Å²) in [5, 5.41) is 10.6. The minimum absolute atomic E-state index is 0.296. The molecule has 0 aliphatic rings. The van der Waals surface area contributed by atoms with Gasteiger partial charge in [0.2, 0.25) is 0 Å². The van der Waals surface area contributed by atoms with Crippen molar-refractivity contribution in [2.75, 3.05) is 0 Å². The lowest BCUT2D eigenvalue weighted by Gasteiger charge is -2.00. The van der Waals surface area contributed by atoms with Crippen molar-refractivity contribution < 1.29 is 0 Å². The Hall–Kier alpha value is -1.30. The third-order valence-electron chi connectivity index (χ3n) is 1.84. The lowest BCUT2D eigenvalue weighted by Crippen LogP contribution is -1.85. The molecule has 1 heterocycles. The fourth-order valence-electron chi connectivity index (χ4n) is 1.22. The first kappa shape index (κ1) is 9.26. The van der Waals surface area contributed by atoms with E-state index in [1.165, 1.54) is 6.07 Å². The summed E-state index contributed by atoms with van der Waals surface area (Å²) in [6.07, 6.45) is 0. The molecular formula is C10H4Cl2N2. The summed E-state index contributed by atoms with van der Waals surface area (Å²) in [6.45, 7) is 0. The average molecular weight is 223 g/mol. The molecule has 0 radical (unpaired) electrons. The standard InChI is InChI=1S/C10H4Cl2N2/c11-6-1-2-8-9(12)4-7(5-13)14-10(8)3-6/h1-4H. The van der Waals surface area contributed by atoms with Crippen LogP contribution in [0.5, 0.6) is 0 Å². The van der Waals surface area contributed by atoms with E-state index in [4.69, 9.17) is 28.5 Å². The summed E-state index contributed by atoms with van der Waals surface area (Å²) in [6, 6.07) is 8.69. The zero-order chi connectivity index (χ0) is 10.1. The molecule has 0 spiro atoms. The fraction of sp³-hybridized carbons (Fsp3) is 0. The third-order valence-corrected chi connectivity index (χ3v) is 2.38. The molecule has 2 rings (SSSR count). The van der Waals surface area contributed by atoms with Crippen molar-refractivity contribution in [1.29, 1.82) is 5.26 Å². The topological polar surface area (TPSA) is 36.7 Å². The Labute approximate surface area is 90.7 Å². The average Bonchev–Trinajstić information content (AvgIpc) is 2.16. The van der Waals surface area contributed by atoms with Crippen molar-refractivity contribution in [2.24, 2.45) is 0 Å². The largest absolute Gasteiger partial charge is 0.237 e. The normalized spacial score (nSPS) is 10.1. The van der Waals surface area contributed by atoms with E-state index in [1.54, 1.807) is 18.2 Å². The van der Waals surface area contributed by atoms with Crippen molar-refractivity contribution >= 4 is 34.1 Å². The van der Waals surface area contributed by atoms with Gasteiger partial charge in [-0.25, -0.2) is 4.98 Å². The molecule has 1 aromatic carbocycles. The van der Waals surface area contributed by atoms with Crippen LogP contribution >= 0.6 is 23.2 Å². The number of hydrogen-bond donors (Lipinski definition) is 0. The highest BCUT2D eigenvalue weighted by Gasteiger charge is 2.03. The molecule has 0 unspecified atom stereocenters. The Bertz CT molecular complexity index is 544. The number of fused-ring (bicyclic) bond motifs is 1. The van der Waals surface area contributed by atoms with Gasteiger partial charge in [0.15, 0.2) is 0 Å². The van der Waals surface area contributed by atoms with Gasteiger partial charge >= 0.3 is 0 Å². The van der Waals surface area contributed by atoms with Gasteiger partial charge in [-0.3, -0.25) is 0 Å². The SMILES string of the molecule is N#Cc1cc(Cl)c2ccc(Cl)cc2n1. The summed E-state index contributed by atoms with van der Waals surface area (Å²) >= 11 is 11.8. The fourth-order valence-corrected chi connectivity index (χ4v) is 1.65. The molecule has 0 saturated carbocycles. The molecule has 0 atom stereocenters. The number of nitrogens with zero attached hydrogens (tertiary/aromatic N) is 2. The van der Waals surface area contributed by atoms with Crippen LogP contribution in [0.15, 0.2) is 24.3 Å². The van der Waals surface area contributed by atoms with Crippen LogP contribution in [-0.4, -0.2) is 4.98 Å². The minimum atomic E-state index is 0.296. The monoisotopic (exact) mass is 222 g/mol. The zero-order valence-corrected chi connectivity index (χ0v) is 8.47. The molecule has 68 valence electrons. The number of pyridine rings is 1. The molecule has 2 aromatic rings. The van der Waals surface area contributed by atoms with Crippen molar-refractivity contribution in [3.8, 4) is 6.07 Å². The Morgan fingerprint density at radius 1 is 1.21 bits per heavy atom. The molecule has 2 nitrogen and oxygen atoms in total. The van der Waals surface area contributed by atoms with Crippen LogP contribution in [0.25, 0.3) is 10.9 Å². The van der Waals surface area contributed by atoms with Crippen molar-refractivity contribution in [3.05, 3.63) is 40.0 Å². The molecule has 0 saturated heterocycles. The lowest BCUT2D eigenvalue weighted by atomic mass is 10.2. The van der Waals surface area contributed by atoms with E-state index in [0.717, 1.165) is 5.39 Å². The smallest absolute Gasteiger partial charge is 0.142 e. The van der Waals surface area contributed by atoms with E-state index in [-0.39, 0.29) is 0 Å². The predicted octanol–water partition coefficient (Wildman–Crippen LogP) is 3.41. The molecule has 0 aliphatic carbocycles. The molecule has 0 N–H and O–H groups in total. The van der Waals surface area contributed by atoms with Gasteiger partial charge in [-0.1, -0.05) is 23.2 Å². The Morgan fingerprint density at radius 3 is 2.71 bits per heavy atom. The van der Waals surface area contributed by atoms with Gasteiger partial charge in [0.05, 0.1) is 10.5 Å². The zero-order valence-electron chi connectivity index (χ0n) is 6.96. The number of halogens is 2. The number of rotatable bonds is 0.